The smallest absolute Gasteiger partial charge is 0.0167 e. The summed E-state index contributed by atoms with van der Waals surface area (Å²) in [4.78, 5) is 0. The molecule has 0 spiro atoms. The van der Waals surface area contributed by atoms with E-state index < -0.39 is 0 Å². The second-order valence-electron chi connectivity index (χ2n) is 3.93. The minimum Gasteiger partial charge on any atom is -0.0648 e. The van der Waals surface area contributed by atoms with Crippen LogP contribution in [0.25, 0.3) is 0 Å². The van der Waals surface area contributed by atoms with Crippen LogP contribution in [0.1, 0.15) is 49.3 Å². The molecule has 0 aliphatic carbocycles. The second kappa shape index (κ2) is 4.45. The minimum atomic E-state index is 0.749. The van der Waals surface area contributed by atoms with Gasteiger partial charge < -0.3 is 0 Å². The van der Waals surface area contributed by atoms with Crippen LogP contribution >= 0.6 is 0 Å². The molecule has 0 nitrogen and oxygen atoms in total. The maximum absolute atomic E-state index is 2.32. The van der Waals surface area contributed by atoms with Crippen LogP contribution in [0, 0.1) is 13.8 Å². The summed E-state index contributed by atoms with van der Waals surface area (Å²) < 4.78 is 0. The zero-order valence-corrected chi connectivity index (χ0v) is 9.22. The van der Waals surface area contributed by atoms with E-state index in [0.717, 1.165) is 5.92 Å². The van der Waals surface area contributed by atoms with Gasteiger partial charge in [0.2, 0.25) is 0 Å². The molecule has 0 atom stereocenters. The van der Waals surface area contributed by atoms with E-state index in [0.29, 0.717) is 0 Å². The lowest BCUT2D eigenvalue weighted by Gasteiger charge is -2.14. The molecule has 0 radical (unpaired) electrons. The van der Waals surface area contributed by atoms with Crippen LogP contribution in [-0.2, 0) is 0 Å². The summed E-state index contributed by atoms with van der Waals surface area (Å²) in [6, 6.07) is 6.89. The fourth-order valence-corrected chi connectivity index (χ4v) is 2.01. The molecular formula is C13H20. The van der Waals surface area contributed by atoms with E-state index in [2.05, 4.69) is 45.9 Å². The molecule has 0 bridgehead atoms. The van der Waals surface area contributed by atoms with Gasteiger partial charge in [-0.1, -0.05) is 43.2 Å². The summed E-state index contributed by atoms with van der Waals surface area (Å²) in [5, 5.41) is 0. The summed E-state index contributed by atoms with van der Waals surface area (Å²) >= 11 is 0. The molecular weight excluding hydrogens is 156 g/mol. The molecule has 1 rings (SSSR count). The fraction of sp³-hybridized carbons (Fsp3) is 0.538. The largest absolute Gasteiger partial charge is 0.0648 e. The van der Waals surface area contributed by atoms with Crippen molar-refractivity contribution in [2.24, 2.45) is 0 Å². The Kier molecular flexibility index (Phi) is 3.53. The lowest BCUT2D eigenvalue weighted by Crippen LogP contribution is -1.96. The monoisotopic (exact) mass is 176 g/mol. The van der Waals surface area contributed by atoms with Crippen molar-refractivity contribution in [3.8, 4) is 0 Å². The minimum absolute atomic E-state index is 0.749. The first-order valence-electron chi connectivity index (χ1n) is 5.25. The highest BCUT2D eigenvalue weighted by atomic mass is 14.1. The molecule has 0 amide bonds. The van der Waals surface area contributed by atoms with Crippen molar-refractivity contribution >= 4 is 0 Å². The third kappa shape index (κ3) is 2.58. The Morgan fingerprint density at radius 2 is 1.38 bits per heavy atom. The van der Waals surface area contributed by atoms with E-state index in [1.165, 1.54) is 29.5 Å². The number of hydrogen-bond donors (Lipinski definition) is 0. The fourth-order valence-electron chi connectivity index (χ4n) is 2.01. The Labute approximate surface area is 82.0 Å². The molecule has 1 aromatic carbocycles. The Morgan fingerprint density at radius 3 is 1.77 bits per heavy atom. The quantitative estimate of drug-likeness (QED) is 0.647. The average Bonchev–Trinajstić information content (AvgIpc) is 2.04. The lowest BCUT2D eigenvalue weighted by molar-refractivity contribution is 0.641. The predicted octanol–water partition coefficient (Wildman–Crippen LogP) is 4.21. The highest BCUT2D eigenvalue weighted by Crippen LogP contribution is 2.24. The van der Waals surface area contributed by atoms with E-state index in [-0.39, 0.29) is 0 Å². The Bertz CT molecular complexity index is 249. The molecule has 1 aromatic rings. The first-order valence-corrected chi connectivity index (χ1v) is 5.25. The molecule has 0 aromatic heterocycles. The molecule has 72 valence electrons. The highest BCUT2D eigenvalue weighted by Gasteiger charge is 2.06. The summed E-state index contributed by atoms with van der Waals surface area (Å²) in [7, 11) is 0. The van der Waals surface area contributed by atoms with Crippen LogP contribution < -0.4 is 0 Å². The summed E-state index contributed by atoms with van der Waals surface area (Å²) in [5.41, 5.74) is 4.30. The van der Waals surface area contributed by atoms with Gasteiger partial charge in [0, 0.05) is 0 Å². The Hall–Kier alpha value is -0.780. The van der Waals surface area contributed by atoms with Crippen molar-refractivity contribution in [2.75, 3.05) is 0 Å². The van der Waals surface area contributed by atoms with Gasteiger partial charge >= 0.3 is 0 Å². The van der Waals surface area contributed by atoms with Gasteiger partial charge in [-0.05, 0) is 38.2 Å². The van der Waals surface area contributed by atoms with Crippen LogP contribution in [0.15, 0.2) is 18.2 Å². The van der Waals surface area contributed by atoms with Crippen molar-refractivity contribution in [2.45, 2.75) is 46.5 Å². The van der Waals surface area contributed by atoms with Crippen LogP contribution in [-0.4, -0.2) is 0 Å². The zero-order valence-electron chi connectivity index (χ0n) is 9.22. The topological polar surface area (TPSA) is 0 Å². The molecule has 0 fully saturated rings. The van der Waals surface area contributed by atoms with Gasteiger partial charge in [-0.3, -0.25) is 0 Å². The molecule has 13 heavy (non-hydrogen) atoms. The van der Waals surface area contributed by atoms with Gasteiger partial charge in [0.1, 0.15) is 0 Å². The SMILES string of the molecule is CCC(CC)c1cc(C)cc(C)c1. The van der Waals surface area contributed by atoms with E-state index in [4.69, 9.17) is 0 Å². The van der Waals surface area contributed by atoms with E-state index in [9.17, 15) is 0 Å². The molecule has 0 unspecified atom stereocenters. The summed E-state index contributed by atoms with van der Waals surface area (Å²) in [6.45, 7) is 8.90. The van der Waals surface area contributed by atoms with Gasteiger partial charge in [0.05, 0.1) is 0 Å². The van der Waals surface area contributed by atoms with Crippen molar-refractivity contribution in [3.63, 3.8) is 0 Å². The van der Waals surface area contributed by atoms with Crippen molar-refractivity contribution in [1.82, 2.24) is 0 Å². The molecule has 0 heteroatoms. The number of rotatable bonds is 3. The standard InChI is InChI=1S/C13H20/c1-5-12(6-2)13-8-10(3)7-11(4)9-13/h7-9,12H,5-6H2,1-4H3. The molecule has 0 saturated heterocycles. The summed E-state index contributed by atoms with van der Waals surface area (Å²) in [5.74, 6) is 0.749. The van der Waals surface area contributed by atoms with Crippen molar-refractivity contribution in [3.05, 3.63) is 34.9 Å². The summed E-state index contributed by atoms with van der Waals surface area (Å²) in [6.07, 6.45) is 2.50. The van der Waals surface area contributed by atoms with Crippen molar-refractivity contribution < 1.29 is 0 Å². The number of aryl methyl sites for hydroxylation is 2. The maximum atomic E-state index is 2.32. The van der Waals surface area contributed by atoms with Crippen LogP contribution in [0.4, 0.5) is 0 Å². The third-order valence-electron chi connectivity index (χ3n) is 2.70. The molecule has 0 N–H and O–H groups in total. The molecule has 0 aliphatic heterocycles. The molecule has 0 saturated carbocycles. The number of benzene rings is 1. The Morgan fingerprint density at radius 1 is 0.923 bits per heavy atom. The van der Waals surface area contributed by atoms with Gasteiger partial charge in [0.15, 0.2) is 0 Å². The molecule has 0 aliphatic rings. The zero-order chi connectivity index (χ0) is 9.84. The van der Waals surface area contributed by atoms with E-state index in [1.807, 2.05) is 0 Å². The molecule has 0 heterocycles. The van der Waals surface area contributed by atoms with Gasteiger partial charge in [0.25, 0.3) is 0 Å². The average molecular weight is 176 g/mol. The van der Waals surface area contributed by atoms with Crippen LogP contribution in [0.5, 0.6) is 0 Å². The first-order chi connectivity index (χ1) is 6.17. The van der Waals surface area contributed by atoms with E-state index in [1.54, 1.807) is 0 Å². The first kappa shape index (κ1) is 10.3. The Balaban J connectivity index is 2.99. The van der Waals surface area contributed by atoms with Crippen molar-refractivity contribution in [1.29, 1.82) is 0 Å². The van der Waals surface area contributed by atoms with Gasteiger partial charge in [-0.25, -0.2) is 0 Å². The van der Waals surface area contributed by atoms with E-state index >= 15 is 0 Å². The maximum Gasteiger partial charge on any atom is -0.0167 e. The predicted molar refractivity (Wildman–Crippen MR) is 59.2 cm³/mol. The normalized spacial score (nSPS) is 10.8. The number of hydrogen-bond acceptors (Lipinski definition) is 0. The third-order valence-corrected chi connectivity index (χ3v) is 2.70. The van der Waals surface area contributed by atoms with Gasteiger partial charge in [-0.2, -0.15) is 0 Å². The lowest BCUT2D eigenvalue weighted by atomic mass is 9.91. The van der Waals surface area contributed by atoms with Gasteiger partial charge in [-0.15, -0.1) is 0 Å². The van der Waals surface area contributed by atoms with Crippen LogP contribution in [0.2, 0.25) is 0 Å². The highest BCUT2D eigenvalue weighted by molar-refractivity contribution is 5.30. The van der Waals surface area contributed by atoms with Crippen LogP contribution in [0.3, 0.4) is 0 Å². The second-order valence-corrected chi connectivity index (χ2v) is 3.93.